The highest BCUT2D eigenvalue weighted by Gasteiger charge is 2.48. The van der Waals surface area contributed by atoms with Gasteiger partial charge < -0.3 is 10.1 Å². The summed E-state index contributed by atoms with van der Waals surface area (Å²) in [6, 6.07) is -0.0629. The highest BCUT2D eigenvalue weighted by molar-refractivity contribution is 4.90. The van der Waals surface area contributed by atoms with E-state index >= 15 is 0 Å². The Morgan fingerprint density at radius 2 is 1.90 bits per heavy atom. The number of methoxy groups -OCH3 is 1. The third-order valence-corrected chi connectivity index (χ3v) is 4.72. The first-order chi connectivity index (χ1) is 9.91. The maximum Gasteiger partial charge on any atom is 0.392 e. The molecule has 0 aromatic heterocycles. The van der Waals surface area contributed by atoms with Gasteiger partial charge in [0.2, 0.25) is 0 Å². The molecular weight excluding hydrogens is 279 g/mol. The van der Waals surface area contributed by atoms with Gasteiger partial charge in [-0.15, -0.1) is 0 Å². The van der Waals surface area contributed by atoms with Crippen LogP contribution in [0.1, 0.15) is 52.4 Å². The van der Waals surface area contributed by atoms with Crippen molar-refractivity contribution in [2.45, 2.75) is 64.6 Å². The van der Waals surface area contributed by atoms with E-state index < -0.39 is 12.1 Å². The van der Waals surface area contributed by atoms with Crippen LogP contribution in [-0.4, -0.2) is 32.5 Å². The third kappa shape index (κ3) is 5.78. The molecule has 0 saturated heterocycles. The van der Waals surface area contributed by atoms with Gasteiger partial charge in [0, 0.05) is 19.8 Å². The third-order valence-electron chi connectivity index (χ3n) is 4.72. The predicted molar refractivity (Wildman–Crippen MR) is 79.2 cm³/mol. The molecule has 1 fully saturated rings. The van der Waals surface area contributed by atoms with Gasteiger partial charge in [-0.2, -0.15) is 13.2 Å². The molecule has 1 aliphatic rings. The summed E-state index contributed by atoms with van der Waals surface area (Å²) in [4.78, 5) is 0. The molecule has 4 atom stereocenters. The molecule has 1 aliphatic carbocycles. The number of ether oxygens (including phenoxy) is 1. The van der Waals surface area contributed by atoms with Crippen molar-refractivity contribution in [1.82, 2.24) is 5.32 Å². The van der Waals surface area contributed by atoms with Gasteiger partial charge in [0.15, 0.2) is 0 Å². The predicted octanol–water partition coefficient (Wildman–Crippen LogP) is 4.40. The lowest BCUT2D eigenvalue weighted by Crippen LogP contribution is -2.49. The summed E-state index contributed by atoms with van der Waals surface area (Å²) in [5.74, 6) is -1.24. The van der Waals surface area contributed by atoms with E-state index in [1.54, 1.807) is 7.11 Å². The fraction of sp³-hybridized carbons (Fsp3) is 1.00. The van der Waals surface area contributed by atoms with Gasteiger partial charge in [0.1, 0.15) is 0 Å². The van der Waals surface area contributed by atoms with Crippen LogP contribution in [0, 0.1) is 17.8 Å². The molecule has 0 amide bonds. The topological polar surface area (TPSA) is 21.3 Å². The summed E-state index contributed by atoms with van der Waals surface area (Å²) < 4.78 is 45.1. The Balaban J connectivity index is 2.81. The average Bonchev–Trinajstić information content (AvgIpc) is 2.45. The van der Waals surface area contributed by atoms with E-state index in [4.69, 9.17) is 4.74 Å². The van der Waals surface area contributed by atoms with Crippen molar-refractivity contribution >= 4 is 0 Å². The Hall–Kier alpha value is -0.290. The number of hydrogen-bond donors (Lipinski definition) is 1. The van der Waals surface area contributed by atoms with Gasteiger partial charge in [-0.3, -0.25) is 0 Å². The van der Waals surface area contributed by atoms with E-state index in [9.17, 15) is 13.2 Å². The lowest BCUT2D eigenvalue weighted by Gasteiger charge is -2.41. The van der Waals surface area contributed by atoms with Crippen molar-refractivity contribution in [2.24, 2.45) is 17.8 Å². The summed E-state index contributed by atoms with van der Waals surface area (Å²) in [5.41, 5.74) is 0. The molecule has 1 rings (SSSR count). The Labute approximate surface area is 126 Å². The number of nitrogens with one attached hydrogen (secondary N) is 1. The second-order valence-corrected chi connectivity index (χ2v) is 6.34. The summed E-state index contributed by atoms with van der Waals surface area (Å²) in [6.45, 7) is 5.48. The van der Waals surface area contributed by atoms with E-state index in [1.807, 2.05) is 13.8 Å². The van der Waals surface area contributed by atoms with Gasteiger partial charge in [-0.25, -0.2) is 0 Å². The van der Waals surface area contributed by atoms with E-state index in [-0.39, 0.29) is 24.3 Å². The van der Waals surface area contributed by atoms with Crippen LogP contribution in [0.25, 0.3) is 0 Å². The molecule has 1 saturated carbocycles. The normalized spacial score (nSPS) is 26.6. The molecule has 0 spiro atoms. The zero-order valence-electron chi connectivity index (χ0n) is 13.5. The van der Waals surface area contributed by atoms with Crippen LogP contribution in [-0.2, 0) is 4.74 Å². The second kappa shape index (κ2) is 8.99. The minimum absolute atomic E-state index is 0.0629. The van der Waals surface area contributed by atoms with E-state index in [0.29, 0.717) is 19.4 Å². The maximum absolute atomic E-state index is 13.3. The molecular formula is C16H30F3NO. The number of alkyl halides is 3. The summed E-state index contributed by atoms with van der Waals surface area (Å²) in [6.07, 6.45) is 0.262. The first-order valence-electron chi connectivity index (χ1n) is 8.20. The Morgan fingerprint density at radius 1 is 1.24 bits per heavy atom. The molecule has 1 N–H and O–H groups in total. The van der Waals surface area contributed by atoms with E-state index in [0.717, 1.165) is 25.8 Å². The lowest BCUT2D eigenvalue weighted by atomic mass is 9.71. The molecule has 0 bridgehead atoms. The van der Waals surface area contributed by atoms with Crippen LogP contribution in [0.4, 0.5) is 13.2 Å². The quantitative estimate of drug-likeness (QED) is 0.718. The fourth-order valence-electron chi connectivity index (χ4n) is 3.56. The van der Waals surface area contributed by atoms with Crippen LogP contribution in [0.15, 0.2) is 0 Å². The number of rotatable bonds is 8. The molecule has 2 nitrogen and oxygen atoms in total. The van der Waals surface area contributed by atoms with Crippen molar-refractivity contribution in [3.8, 4) is 0 Å². The molecule has 126 valence electrons. The number of hydrogen-bond acceptors (Lipinski definition) is 2. The van der Waals surface area contributed by atoms with Crippen molar-refractivity contribution in [3.05, 3.63) is 0 Å². The fourth-order valence-corrected chi connectivity index (χ4v) is 3.56. The second-order valence-electron chi connectivity index (χ2n) is 6.34. The zero-order chi connectivity index (χ0) is 15.9. The van der Waals surface area contributed by atoms with Gasteiger partial charge in [-0.05, 0) is 44.1 Å². The molecule has 5 heteroatoms. The smallest absolute Gasteiger partial charge is 0.385 e. The largest absolute Gasteiger partial charge is 0.392 e. The first kappa shape index (κ1) is 18.8. The van der Waals surface area contributed by atoms with Crippen molar-refractivity contribution < 1.29 is 17.9 Å². The Bertz CT molecular complexity index is 283. The summed E-state index contributed by atoms with van der Waals surface area (Å²) in [7, 11) is 1.64. The minimum Gasteiger partial charge on any atom is -0.385 e. The molecule has 21 heavy (non-hydrogen) atoms. The zero-order valence-corrected chi connectivity index (χ0v) is 13.5. The van der Waals surface area contributed by atoms with Crippen molar-refractivity contribution in [1.29, 1.82) is 0 Å². The van der Waals surface area contributed by atoms with Crippen molar-refractivity contribution in [2.75, 3.05) is 20.3 Å². The Kier molecular flexibility index (Phi) is 8.03. The monoisotopic (exact) mass is 309 g/mol. The molecule has 0 radical (unpaired) electrons. The number of halogens is 3. The van der Waals surface area contributed by atoms with Gasteiger partial charge >= 0.3 is 6.18 Å². The molecule has 0 aliphatic heterocycles. The van der Waals surface area contributed by atoms with Crippen LogP contribution in [0.3, 0.4) is 0 Å². The van der Waals surface area contributed by atoms with E-state index in [2.05, 4.69) is 5.32 Å². The molecule has 0 heterocycles. The molecule has 0 aromatic rings. The van der Waals surface area contributed by atoms with Gasteiger partial charge in [0.05, 0.1) is 5.92 Å². The van der Waals surface area contributed by atoms with Gasteiger partial charge in [-0.1, -0.05) is 26.7 Å². The Morgan fingerprint density at radius 3 is 2.48 bits per heavy atom. The highest BCUT2D eigenvalue weighted by Crippen LogP contribution is 2.44. The van der Waals surface area contributed by atoms with E-state index in [1.165, 1.54) is 0 Å². The average molecular weight is 309 g/mol. The standard InChI is InChI=1S/C16H30F3NO/c1-4-10-20-15(12(2)9-11-21-3)13-7-5-6-8-14(13)16(17,18)19/h12-15,20H,4-11H2,1-3H3. The molecule has 0 aromatic carbocycles. The highest BCUT2D eigenvalue weighted by atomic mass is 19.4. The molecule has 4 unspecified atom stereocenters. The lowest BCUT2D eigenvalue weighted by molar-refractivity contribution is -0.200. The van der Waals surface area contributed by atoms with Crippen LogP contribution < -0.4 is 5.32 Å². The first-order valence-corrected chi connectivity index (χ1v) is 8.20. The van der Waals surface area contributed by atoms with Crippen molar-refractivity contribution in [3.63, 3.8) is 0 Å². The maximum atomic E-state index is 13.3. The van der Waals surface area contributed by atoms with Crippen LogP contribution in [0.5, 0.6) is 0 Å². The van der Waals surface area contributed by atoms with Gasteiger partial charge in [0.25, 0.3) is 0 Å². The van der Waals surface area contributed by atoms with Crippen LogP contribution in [0.2, 0.25) is 0 Å². The SMILES string of the molecule is CCCNC(C(C)CCOC)C1CCCCC1C(F)(F)F. The summed E-state index contributed by atoms with van der Waals surface area (Å²) in [5, 5.41) is 3.39. The minimum atomic E-state index is -4.07. The summed E-state index contributed by atoms with van der Waals surface area (Å²) >= 11 is 0. The van der Waals surface area contributed by atoms with Crippen LogP contribution >= 0.6 is 0 Å².